The fourth-order valence-electron chi connectivity index (χ4n) is 1.53. The highest BCUT2D eigenvalue weighted by atomic mass is 32.1. The molecule has 1 N–H and O–H groups in total. The predicted molar refractivity (Wildman–Crippen MR) is 63.0 cm³/mol. The van der Waals surface area contributed by atoms with Crippen molar-refractivity contribution < 1.29 is 9.59 Å². The van der Waals surface area contributed by atoms with E-state index in [9.17, 15) is 9.59 Å². The van der Waals surface area contributed by atoms with Crippen LogP contribution in [0.2, 0.25) is 0 Å². The van der Waals surface area contributed by atoms with E-state index in [1.165, 1.54) is 9.78 Å². The molecule has 0 bridgehead atoms. The van der Waals surface area contributed by atoms with Crippen molar-refractivity contribution in [2.75, 3.05) is 6.54 Å². The average molecular weight is 236 g/mol. The third-order valence-electron chi connectivity index (χ3n) is 2.33. The highest BCUT2D eigenvalue weighted by Gasteiger charge is 2.31. The van der Waals surface area contributed by atoms with E-state index in [4.69, 9.17) is 0 Å². The standard InChI is InChI=1S/C11H12N2O2S/c1-3-13-10(14)9(12-11(13)15)6-8-5-4-7(2)16-8/h4-6H,3H2,1-2H3,(H,12,15)/b9-6+. The maximum Gasteiger partial charge on any atom is 0.328 e. The number of carbonyl (C=O) groups excluding carboxylic acids is 2. The summed E-state index contributed by atoms with van der Waals surface area (Å²) in [6, 6.07) is 3.57. The molecule has 0 radical (unpaired) electrons. The van der Waals surface area contributed by atoms with Crippen LogP contribution in [0, 0.1) is 6.92 Å². The van der Waals surface area contributed by atoms with Crippen molar-refractivity contribution in [3.8, 4) is 0 Å². The number of nitrogens with one attached hydrogen (secondary N) is 1. The second-order valence-corrected chi connectivity index (χ2v) is 4.81. The van der Waals surface area contributed by atoms with Gasteiger partial charge < -0.3 is 5.32 Å². The number of nitrogens with zero attached hydrogens (tertiary/aromatic N) is 1. The summed E-state index contributed by atoms with van der Waals surface area (Å²) < 4.78 is 0. The zero-order chi connectivity index (χ0) is 11.7. The lowest BCUT2D eigenvalue weighted by Crippen LogP contribution is -2.30. The smallest absolute Gasteiger partial charge is 0.303 e. The molecule has 2 rings (SSSR count). The fourth-order valence-corrected chi connectivity index (χ4v) is 2.35. The average Bonchev–Trinajstić information content (AvgIpc) is 2.74. The maximum absolute atomic E-state index is 11.7. The summed E-state index contributed by atoms with van der Waals surface area (Å²) in [4.78, 5) is 26.5. The van der Waals surface area contributed by atoms with Crippen LogP contribution in [0.1, 0.15) is 16.7 Å². The molecule has 16 heavy (non-hydrogen) atoms. The Labute approximate surface area is 97.6 Å². The maximum atomic E-state index is 11.7. The van der Waals surface area contributed by atoms with E-state index in [1.807, 2.05) is 19.1 Å². The zero-order valence-corrected chi connectivity index (χ0v) is 9.93. The summed E-state index contributed by atoms with van der Waals surface area (Å²) in [6.07, 6.45) is 1.72. The van der Waals surface area contributed by atoms with Crippen molar-refractivity contribution in [2.24, 2.45) is 0 Å². The predicted octanol–water partition coefficient (Wildman–Crippen LogP) is 1.97. The number of urea groups is 1. The van der Waals surface area contributed by atoms with E-state index >= 15 is 0 Å². The normalized spacial score (nSPS) is 18.4. The van der Waals surface area contributed by atoms with E-state index in [1.54, 1.807) is 24.3 Å². The SMILES string of the molecule is CCN1C(=O)N/C(=C/c2ccc(C)s2)C1=O. The summed E-state index contributed by atoms with van der Waals surface area (Å²) in [5, 5.41) is 2.57. The van der Waals surface area contributed by atoms with Gasteiger partial charge in [-0.25, -0.2) is 4.79 Å². The highest BCUT2D eigenvalue weighted by molar-refractivity contribution is 7.12. The molecule has 4 nitrogen and oxygen atoms in total. The summed E-state index contributed by atoms with van der Waals surface area (Å²) >= 11 is 1.59. The molecule has 0 spiro atoms. The lowest BCUT2D eigenvalue weighted by molar-refractivity contribution is -0.122. The molecule has 2 heterocycles. The van der Waals surface area contributed by atoms with Crippen LogP contribution in [0.3, 0.4) is 0 Å². The second kappa shape index (κ2) is 4.09. The molecule has 1 fully saturated rings. The number of imide groups is 1. The van der Waals surface area contributed by atoms with Gasteiger partial charge in [-0.2, -0.15) is 0 Å². The second-order valence-electron chi connectivity index (χ2n) is 3.49. The van der Waals surface area contributed by atoms with E-state index in [0.717, 1.165) is 4.88 Å². The number of hydrogen-bond acceptors (Lipinski definition) is 3. The first-order valence-electron chi connectivity index (χ1n) is 5.03. The first kappa shape index (κ1) is 10.9. The van der Waals surface area contributed by atoms with Crippen LogP contribution in [-0.2, 0) is 4.79 Å². The van der Waals surface area contributed by atoms with Gasteiger partial charge in [0.25, 0.3) is 5.91 Å². The highest BCUT2D eigenvalue weighted by Crippen LogP contribution is 2.20. The summed E-state index contributed by atoms with van der Waals surface area (Å²) in [5.41, 5.74) is 0.355. The minimum atomic E-state index is -0.341. The Hall–Kier alpha value is -1.62. The number of likely N-dealkylation sites (N-methyl/N-ethyl adjacent to an activating group) is 1. The van der Waals surface area contributed by atoms with Crippen LogP contribution in [0.15, 0.2) is 17.8 Å². The Kier molecular flexibility index (Phi) is 2.78. The fraction of sp³-hybridized carbons (Fsp3) is 0.273. The Morgan fingerprint density at radius 3 is 2.69 bits per heavy atom. The molecule has 0 aliphatic carbocycles. The molecular weight excluding hydrogens is 224 g/mol. The van der Waals surface area contributed by atoms with Crippen molar-refractivity contribution in [1.29, 1.82) is 0 Å². The van der Waals surface area contributed by atoms with Gasteiger partial charge in [0.05, 0.1) is 0 Å². The lowest BCUT2D eigenvalue weighted by Gasteiger charge is -2.05. The molecule has 1 aliphatic heterocycles. The van der Waals surface area contributed by atoms with Gasteiger partial charge in [0.1, 0.15) is 5.70 Å². The molecule has 0 unspecified atom stereocenters. The molecule has 1 aromatic rings. The van der Waals surface area contributed by atoms with Crippen molar-refractivity contribution >= 4 is 29.4 Å². The molecule has 1 saturated heterocycles. The molecule has 5 heteroatoms. The third kappa shape index (κ3) is 1.86. The van der Waals surface area contributed by atoms with Crippen LogP contribution >= 0.6 is 11.3 Å². The van der Waals surface area contributed by atoms with Gasteiger partial charge in [-0.1, -0.05) is 0 Å². The van der Waals surface area contributed by atoms with Crippen LogP contribution in [-0.4, -0.2) is 23.4 Å². The Balaban J connectivity index is 2.27. The van der Waals surface area contributed by atoms with Gasteiger partial charge >= 0.3 is 6.03 Å². The van der Waals surface area contributed by atoms with Crippen LogP contribution in [0.5, 0.6) is 0 Å². The molecule has 3 amide bonds. The van der Waals surface area contributed by atoms with Crippen LogP contribution in [0.4, 0.5) is 4.79 Å². The molecule has 1 aliphatic rings. The molecule has 0 aromatic carbocycles. The van der Waals surface area contributed by atoms with E-state index in [-0.39, 0.29) is 11.9 Å². The van der Waals surface area contributed by atoms with E-state index < -0.39 is 0 Å². The summed E-state index contributed by atoms with van der Waals surface area (Å²) in [7, 11) is 0. The first-order valence-corrected chi connectivity index (χ1v) is 5.84. The minimum absolute atomic E-state index is 0.251. The Bertz CT molecular complexity index is 476. The largest absolute Gasteiger partial charge is 0.328 e. The molecule has 1 aromatic heterocycles. The number of thiophene rings is 1. The van der Waals surface area contributed by atoms with Crippen LogP contribution in [0.25, 0.3) is 6.08 Å². The molecular formula is C11H12N2O2S. The van der Waals surface area contributed by atoms with E-state index in [0.29, 0.717) is 12.2 Å². The van der Waals surface area contributed by atoms with Gasteiger partial charge in [0.15, 0.2) is 0 Å². The third-order valence-corrected chi connectivity index (χ3v) is 3.27. The molecule has 84 valence electrons. The topological polar surface area (TPSA) is 49.4 Å². The van der Waals surface area contributed by atoms with Gasteiger partial charge in [-0.05, 0) is 32.1 Å². The number of amides is 3. The van der Waals surface area contributed by atoms with E-state index in [2.05, 4.69) is 5.32 Å². The van der Waals surface area contributed by atoms with Crippen molar-refractivity contribution in [3.63, 3.8) is 0 Å². The number of hydrogen-bond donors (Lipinski definition) is 1. The number of carbonyl (C=O) groups is 2. The van der Waals surface area contributed by atoms with Crippen molar-refractivity contribution in [2.45, 2.75) is 13.8 Å². The van der Waals surface area contributed by atoms with Crippen molar-refractivity contribution in [1.82, 2.24) is 10.2 Å². The minimum Gasteiger partial charge on any atom is -0.303 e. The quantitative estimate of drug-likeness (QED) is 0.630. The zero-order valence-electron chi connectivity index (χ0n) is 9.11. The summed E-state index contributed by atoms with van der Waals surface area (Å²) in [6.45, 7) is 4.17. The van der Waals surface area contributed by atoms with Crippen LogP contribution < -0.4 is 5.32 Å². The van der Waals surface area contributed by atoms with Gasteiger partial charge in [0, 0.05) is 16.3 Å². The Morgan fingerprint density at radius 1 is 1.44 bits per heavy atom. The monoisotopic (exact) mass is 236 g/mol. The molecule has 0 saturated carbocycles. The molecule has 0 atom stereocenters. The number of aryl methyl sites for hydroxylation is 1. The van der Waals surface area contributed by atoms with Gasteiger partial charge in [-0.15, -0.1) is 11.3 Å². The first-order chi connectivity index (χ1) is 7.61. The van der Waals surface area contributed by atoms with Gasteiger partial charge in [-0.3, -0.25) is 9.69 Å². The number of rotatable bonds is 2. The lowest BCUT2D eigenvalue weighted by atomic mass is 10.3. The van der Waals surface area contributed by atoms with Gasteiger partial charge in [0.2, 0.25) is 0 Å². The summed E-state index contributed by atoms with van der Waals surface area (Å²) in [5.74, 6) is -0.251. The Morgan fingerprint density at radius 2 is 2.19 bits per heavy atom. The van der Waals surface area contributed by atoms with Crippen molar-refractivity contribution in [3.05, 3.63) is 27.6 Å².